The van der Waals surface area contributed by atoms with Gasteiger partial charge >= 0.3 is 6.09 Å². The Morgan fingerprint density at radius 3 is 2.52 bits per heavy atom. The summed E-state index contributed by atoms with van der Waals surface area (Å²) in [4.78, 5) is 14.1. The molecule has 0 aliphatic carbocycles. The zero-order chi connectivity index (χ0) is 19.4. The Kier molecular flexibility index (Phi) is 6.15. The summed E-state index contributed by atoms with van der Waals surface area (Å²) in [7, 11) is 1.95. The van der Waals surface area contributed by atoms with E-state index in [9.17, 15) is 4.79 Å². The van der Waals surface area contributed by atoms with Gasteiger partial charge in [0.1, 0.15) is 5.60 Å². The molecule has 2 saturated heterocycles. The van der Waals surface area contributed by atoms with Gasteiger partial charge in [-0.25, -0.2) is 4.79 Å². The van der Waals surface area contributed by atoms with E-state index in [2.05, 4.69) is 28.8 Å². The number of hydrogen-bond donors (Lipinski definition) is 2. The van der Waals surface area contributed by atoms with Crippen LogP contribution in [0.1, 0.15) is 51.5 Å². The first-order valence-corrected chi connectivity index (χ1v) is 9.99. The molecule has 2 aliphatic heterocycles. The zero-order valence-corrected chi connectivity index (χ0v) is 17.0. The molecule has 3 rings (SSSR count). The molecule has 2 heterocycles. The van der Waals surface area contributed by atoms with E-state index in [1.165, 1.54) is 5.56 Å². The van der Waals surface area contributed by atoms with Gasteiger partial charge in [0.05, 0.1) is 24.0 Å². The Labute approximate surface area is 162 Å². The molecule has 0 radical (unpaired) electrons. The number of nitrogens with one attached hydrogen (secondary N) is 2. The van der Waals surface area contributed by atoms with Gasteiger partial charge in [-0.1, -0.05) is 6.07 Å². The minimum atomic E-state index is -0.443. The summed E-state index contributed by atoms with van der Waals surface area (Å²) in [6.45, 7) is 8.80. The van der Waals surface area contributed by atoms with Crippen molar-refractivity contribution in [2.45, 2.75) is 57.6 Å². The van der Waals surface area contributed by atoms with Crippen molar-refractivity contribution in [1.82, 2.24) is 4.90 Å². The molecule has 2 N–H and O–H groups in total. The highest BCUT2D eigenvalue weighted by molar-refractivity contribution is 5.70. The van der Waals surface area contributed by atoms with Crippen molar-refractivity contribution in [2.24, 2.45) is 0 Å². The molecule has 0 bridgehead atoms. The van der Waals surface area contributed by atoms with Gasteiger partial charge in [-0.15, -0.1) is 0 Å². The van der Waals surface area contributed by atoms with Crippen LogP contribution in [0.4, 0.5) is 16.2 Å². The molecule has 27 heavy (non-hydrogen) atoms. The Morgan fingerprint density at radius 2 is 1.93 bits per heavy atom. The number of piperidine rings is 1. The summed E-state index contributed by atoms with van der Waals surface area (Å²) in [5, 5.41) is 6.89. The lowest BCUT2D eigenvalue weighted by molar-refractivity contribution is 0.0205. The SMILES string of the molecule is CNc1ccc(C2CCN(C(=O)OC(C)(C)C)CC2)cc1NC1CCOC1. The minimum Gasteiger partial charge on any atom is -0.444 e. The van der Waals surface area contributed by atoms with Crippen LogP contribution in [-0.4, -0.2) is 56.0 Å². The van der Waals surface area contributed by atoms with E-state index in [1.807, 2.05) is 32.7 Å². The summed E-state index contributed by atoms with van der Waals surface area (Å²) in [5.41, 5.74) is 3.14. The fourth-order valence-electron chi connectivity index (χ4n) is 3.74. The molecule has 1 atom stereocenters. The molecule has 6 nitrogen and oxygen atoms in total. The highest BCUT2D eigenvalue weighted by Crippen LogP contribution is 2.33. The second-order valence-corrected chi connectivity index (χ2v) is 8.50. The van der Waals surface area contributed by atoms with E-state index in [0.717, 1.165) is 56.9 Å². The number of ether oxygens (including phenoxy) is 2. The molecular formula is C21H33N3O3. The maximum Gasteiger partial charge on any atom is 0.410 e. The van der Waals surface area contributed by atoms with Gasteiger partial charge < -0.3 is 25.0 Å². The second kappa shape index (κ2) is 8.38. The summed E-state index contributed by atoms with van der Waals surface area (Å²) in [5.74, 6) is 0.468. The van der Waals surface area contributed by atoms with Crippen molar-refractivity contribution in [3.8, 4) is 0 Å². The lowest BCUT2D eigenvalue weighted by atomic mass is 9.89. The average molecular weight is 376 g/mol. The number of anilines is 2. The number of benzene rings is 1. The van der Waals surface area contributed by atoms with Crippen LogP contribution in [0.5, 0.6) is 0 Å². The largest absolute Gasteiger partial charge is 0.444 e. The van der Waals surface area contributed by atoms with E-state index in [1.54, 1.807) is 0 Å². The summed E-state index contributed by atoms with van der Waals surface area (Å²) < 4.78 is 11.0. The van der Waals surface area contributed by atoms with Crippen LogP contribution in [0.15, 0.2) is 18.2 Å². The van der Waals surface area contributed by atoms with Gasteiger partial charge in [-0.2, -0.15) is 0 Å². The summed E-state index contributed by atoms with van der Waals surface area (Å²) in [6.07, 6.45) is 2.77. The number of likely N-dealkylation sites (tertiary alicyclic amines) is 1. The molecule has 2 fully saturated rings. The van der Waals surface area contributed by atoms with E-state index in [0.29, 0.717) is 12.0 Å². The highest BCUT2D eigenvalue weighted by atomic mass is 16.6. The molecular weight excluding hydrogens is 342 g/mol. The van der Waals surface area contributed by atoms with Crippen molar-refractivity contribution < 1.29 is 14.3 Å². The third-order valence-electron chi connectivity index (χ3n) is 5.22. The molecule has 0 aromatic heterocycles. The average Bonchev–Trinajstić information content (AvgIpc) is 3.13. The second-order valence-electron chi connectivity index (χ2n) is 8.50. The molecule has 1 amide bonds. The van der Waals surface area contributed by atoms with E-state index >= 15 is 0 Å². The molecule has 0 saturated carbocycles. The Balaban J connectivity index is 1.62. The summed E-state index contributed by atoms with van der Waals surface area (Å²) in [6, 6.07) is 6.99. The molecule has 6 heteroatoms. The normalized spacial score (nSPS) is 21.2. The first-order chi connectivity index (χ1) is 12.9. The van der Waals surface area contributed by atoms with Gasteiger partial charge in [0.15, 0.2) is 0 Å². The van der Waals surface area contributed by atoms with E-state index < -0.39 is 5.60 Å². The molecule has 150 valence electrons. The van der Waals surface area contributed by atoms with Crippen molar-refractivity contribution in [2.75, 3.05) is 44.0 Å². The predicted octanol–water partition coefficient (Wildman–Crippen LogP) is 4.04. The minimum absolute atomic E-state index is 0.199. The van der Waals surface area contributed by atoms with Crippen molar-refractivity contribution >= 4 is 17.5 Å². The highest BCUT2D eigenvalue weighted by Gasteiger charge is 2.28. The van der Waals surface area contributed by atoms with Crippen LogP contribution < -0.4 is 10.6 Å². The quantitative estimate of drug-likeness (QED) is 0.831. The number of hydrogen-bond acceptors (Lipinski definition) is 5. The van der Waals surface area contributed by atoms with Crippen molar-refractivity contribution in [3.05, 3.63) is 23.8 Å². The molecule has 0 spiro atoms. The number of carbonyl (C=O) groups is 1. The lowest BCUT2D eigenvalue weighted by Gasteiger charge is -2.34. The topological polar surface area (TPSA) is 62.8 Å². The lowest BCUT2D eigenvalue weighted by Crippen LogP contribution is -2.41. The number of carbonyl (C=O) groups excluding carboxylic acids is 1. The van der Waals surface area contributed by atoms with Crippen LogP contribution in [0, 0.1) is 0 Å². The van der Waals surface area contributed by atoms with Crippen LogP contribution >= 0.6 is 0 Å². The molecule has 1 aromatic carbocycles. The number of rotatable bonds is 4. The number of amides is 1. The first-order valence-electron chi connectivity index (χ1n) is 9.99. The third-order valence-corrected chi connectivity index (χ3v) is 5.22. The fraction of sp³-hybridized carbons (Fsp3) is 0.667. The summed E-state index contributed by atoms with van der Waals surface area (Å²) >= 11 is 0. The smallest absolute Gasteiger partial charge is 0.410 e. The van der Waals surface area contributed by atoms with Crippen LogP contribution in [0.3, 0.4) is 0 Å². The monoisotopic (exact) mass is 375 g/mol. The van der Waals surface area contributed by atoms with Gasteiger partial charge in [0.2, 0.25) is 0 Å². The Bertz CT molecular complexity index is 643. The molecule has 1 aromatic rings. The van der Waals surface area contributed by atoms with Crippen molar-refractivity contribution in [3.63, 3.8) is 0 Å². The Morgan fingerprint density at radius 1 is 1.19 bits per heavy atom. The fourth-order valence-corrected chi connectivity index (χ4v) is 3.74. The molecule has 2 aliphatic rings. The third kappa shape index (κ3) is 5.28. The first kappa shape index (κ1) is 19.8. The maximum absolute atomic E-state index is 12.3. The van der Waals surface area contributed by atoms with Gasteiger partial charge in [-0.05, 0) is 63.6 Å². The zero-order valence-electron chi connectivity index (χ0n) is 17.0. The standard InChI is InChI=1S/C21H33N3O3/c1-21(2,3)27-20(25)24-10-7-15(8-11-24)16-5-6-18(22-4)19(13-16)23-17-9-12-26-14-17/h5-6,13,15,17,22-23H,7-12,14H2,1-4H3. The van der Waals surface area contributed by atoms with Crippen LogP contribution in [0.2, 0.25) is 0 Å². The van der Waals surface area contributed by atoms with E-state index in [-0.39, 0.29) is 6.09 Å². The van der Waals surface area contributed by atoms with Gasteiger partial charge in [0, 0.05) is 26.7 Å². The predicted molar refractivity (Wildman–Crippen MR) is 109 cm³/mol. The van der Waals surface area contributed by atoms with Crippen LogP contribution in [0.25, 0.3) is 0 Å². The molecule has 1 unspecified atom stereocenters. The Hall–Kier alpha value is -1.95. The van der Waals surface area contributed by atoms with Crippen LogP contribution in [-0.2, 0) is 9.47 Å². The van der Waals surface area contributed by atoms with E-state index in [4.69, 9.17) is 9.47 Å². The van der Waals surface area contributed by atoms with Crippen molar-refractivity contribution in [1.29, 1.82) is 0 Å². The number of nitrogens with zero attached hydrogens (tertiary/aromatic N) is 1. The maximum atomic E-state index is 12.3. The van der Waals surface area contributed by atoms with Gasteiger partial charge in [-0.3, -0.25) is 0 Å². The van der Waals surface area contributed by atoms with Gasteiger partial charge in [0.25, 0.3) is 0 Å².